The van der Waals surface area contributed by atoms with Gasteiger partial charge in [0, 0.05) is 13.1 Å². The Labute approximate surface area is 153 Å². The zero-order chi connectivity index (χ0) is 18.6. The first kappa shape index (κ1) is 18.4. The Morgan fingerprint density at radius 1 is 1.12 bits per heavy atom. The van der Waals surface area contributed by atoms with Crippen LogP contribution in [0.5, 0.6) is 11.5 Å². The Morgan fingerprint density at radius 2 is 1.81 bits per heavy atom. The standard InChI is InChI=1S/C19H22N2O4S/c1-26(23,24)21-13-7-8-15(14-21)19(22)20-17-11-5-6-12-18(17)25-16-9-3-2-4-10-16/h2-6,9-12,15H,7-8,13-14H2,1H3,(H,20,22). The molecule has 138 valence electrons. The van der Waals surface area contributed by atoms with Crippen LogP contribution in [0.4, 0.5) is 5.69 Å². The second-order valence-corrected chi connectivity index (χ2v) is 8.34. The molecule has 1 unspecified atom stereocenters. The summed E-state index contributed by atoms with van der Waals surface area (Å²) in [5.41, 5.74) is 0.567. The molecule has 0 aromatic heterocycles. The van der Waals surface area contributed by atoms with Gasteiger partial charge in [-0.25, -0.2) is 12.7 Å². The van der Waals surface area contributed by atoms with Crippen LogP contribution >= 0.6 is 0 Å². The van der Waals surface area contributed by atoms with Gasteiger partial charge in [0.05, 0.1) is 17.9 Å². The number of benzene rings is 2. The summed E-state index contributed by atoms with van der Waals surface area (Å²) in [5.74, 6) is 0.656. The fourth-order valence-corrected chi connectivity index (χ4v) is 3.88. The number of sulfonamides is 1. The molecule has 0 aliphatic carbocycles. The maximum absolute atomic E-state index is 12.7. The molecule has 1 aliphatic heterocycles. The maximum Gasteiger partial charge on any atom is 0.228 e. The molecule has 1 saturated heterocycles. The molecule has 3 rings (SSSR count). The predicted octanol–water partition coefficient (Wildman–Crippen LogP) is 3.09. The van der Waals surface area contributed by atoms with Crippen LogP contribution in [-0.4, -0.2) is 38.0 Å². The smallest absolute Gasteiger partial charge is 0.228 e. The number of nitrogens with one attached hydrogen (secondary N) is 1. The lowest BCUT2D eigenvalue weighted by Gasteiger charge is -2.30. The van der Waals surface area contributed by atoms with Crippen molar-refractivity contribution in [3.63, 3.8) is 0 Å². The summed E-state index contributed by atoms with van der Waals surface area (Å²) in [6.07, 6.45) is 2.52. The number of carbonyl (C=O) groups excluding carboxylic acids is 1. The molecule has 1 aliphatic rings. The molecule has 6 nitrogen and oxygen atoms in total. The van der Waals surface area contributed by atoms with Crippen LogP contribution in [0.15, 0.2) is 54.6 Å². The van der Waals surface area contributed by atoms with Gasteiger partial charge < -0.3 is 10.1 Å². The number of nitrogens with zero attached hydrogens (tertiary/aromatic N) is 1. The van der Waals surface area contributed by atoms with E-state index in [1.165, 1.54) is 10.6 Å². The van der Waals surface area contributed by atoms with Crippen molar-refractivity contribution in [1.82, 2.24) is 4.31 Å². The van der Waals surface area contributed by atoms with E-state index in [0.29, 0.717) is 36.6 Å². The molecule has 0 radical (unpaired) electrons. The monoisotopic (exact) mass is 374 g/mol. The summed E-state index contributed by atoms with van der Waals surface area (Å²) in [4.78, 5) is 12.7. The predicted molar refractivity (Wildman–Crippen MR) is 101 cm³/mol. The number of para-hydroxylation sites is 3. The maximum atomic E-state index is 12.7. The van der Waals surface area contributed by atoms with Crippen molar-refractivity contribution in [2.45, 2.75) is 12.8 Å². The van der Waals surface area contributed by atoms with Crippen molar-refractivity contribution in [3.8, 4) is 11.5 Å². The van der Waals surface area contributed by atoms with Crippen LogP contribution in [-0.2, 0) is 14.8 Å². The average Bonchev–Trinajstić information content (AvgIpc) is 2.63. The highest BCUT2D eigenvalue weighted by Crippen LogP contribution is 2.30. The van der Waals surface area contributed by atoms with Gasteiger partial charge in [-0.15, -0.1) is 0 Å². The molecule has 0 saturated carbocycles. The van der Waals surface area contributed by atoms with E-state index in [4.69, 9.17) is 4.74 Å². The molecule has 1 heterocycles. The lowest BCUT2D eigenvalue weighted by atomic mass is 9.98. The van der Waals surface area contributed by atoms with Crippen molar-refractivity contribution in [2.75, 3.05) is 24.7 Å². The van der Waals surface area contributed by atoms with Gasteiger partial charge >= 0.3 is 0 Å². The van der Waals surface area contributed by atoms with Crippen molar-refractivity contribution >= 4 is 21.6 Å². The normalized spacial score (nSPS) is 18.3. The zero-order valence-corrected chi connectivity index (χ0v) is 15.4. The third kappa shape index (κ3) is 4.62. The third-order valence-electron chi connectivity index (χ3n) is 4.34. The number of hydrogen-bond donors (Lipinski definition) is 1. The highest BCUT2D eigenvalue weighted by molar-refractivity contribution is 7.88. The average molecular weight is 374 g/mol. The summed E-state index contributed by atoms with van der Waals surface area (Å²) >= 11 is 0. The van der Waals surface area contributed by atoms with E-state index in [9.17, 15) is 13.2 Å². The number of hydrogen-bond acceptors (Lipinski definition) is 4. The zero-order valence-electron chi connectivity index (χ0n) is 14.6. The number of anilines is 1. The molecule has 2 aromatic carbocycles. The molecule has 7 heteroatoms. The number of piperidine rings is 1. The van der Waals surface area contributed by atoms with E-state index in [1.54, 1.807) is 12.1 Å². The Kier molecular flexibility index (Phi) is 5.58. The van der Waals surface area contributed by atoms with Gasteiger partial charge in [0.15, 0.2) is 5.75 Å². The Balaban J connectivity index is 1.71. The second kappa shape index (κ2) is 7.88. The van der Waals surface area contributed by atoms with Gasteiger partial charge in [-0.1, -0.05) is 30.3 Å². The topological polar surface area (TPSA) is 75.7 Å². The largest absolute Gasteiger partial charge is 0.455 e. The number of rotatable bonds is 5. The first-order valence-corrected chi connectivity index (χ1v) is 10.4. The van der Waals surface area contributed by atoms with E-state index >= 15 is 0 Å². The fourth-order valence-electron chi connectivity index (χ4n) is 2.97. The van der Waals surface area contributed by atoms with Crippen molar-refractivity contribution < 1.29 is 17.9 Å². The van der Waals surface area contributed by atoms with E-state index in [0.717, 1.165) is 0 Å². The molecule has 0 spiro atoms. The van der Waals surface area contributed by atoms with Crippen molar-refractivity contribution in [1.29, 1.82) is 0 Å². The molecule has 1 fully saturated rings. The minimum Gasteiger partial charge on any atom is -0.455 e. The van der Waals surface area contributed by atoms with Gasteiger partial charge in [-0.05, 0) is 37.1 Å². The van der Waals surface area contributed by atoms with Crippen LogP contribution in [0.3, 0.4) is 0 Å². The summed E-state index contributed by atoms with van der Waals surface area (Å²) in [5, 5.41) is 2.89. The highest BCUT2D eigenvalue weighted by Gasteiger charge is 2.30. The molecular weight excluding hydrogens is 352 g/mol. The lowest BCUT2D eigenvalue weighted by molar-refractivity contribution is -0.120. The van der Waals surface area contributed by atoms with Crippen LogP contribution in [0.1, 0.15) is 12.8 Å². The van der Waals surface area contributed by atoms with Gasteiger partial charge in [-0.2, -0.15) is 0 Å². The molecular formula is C19H22N2O4S. The summed E-state index contributed by atoms with van der Waals surface area (Å²) < 4.78 is 30.7. The highest BCUT2D eigenvalue weighted by atomic mass is 32.2. The molecule has 0 bridgehead atoms. The number of ether oxygens (including phenoxy) is 1. The second-order valence-electron chi connectivity index (χ2n) is 6.36. The molecule has 1 N–H and O–H groups in total. The van der Waals surface area contributed by atoms with Crippen LogP contribution < -0.4 is 10.1 Å². The van der Waals surface area contributed by atoms with Crippen molar-refractivity contribution in [3.05, 3.63) is 54.6 Å². The Hall–Kier alpha value is -2.38. The molecule has 1 atom stereocenters. The Bertz CT molecular complexity index is 868. The number of carbonyl (C=O) groups is 1. The van der Waals surface area contributed by atoms with Gasteiger partial charge in [0.25, 0.3) is 0 Å². The molecule has 2 aromatic rings. The van der Waals surface area contributed by atoms with E-state index in [2.05, 4.69) is 5.32 Å². The van der Waals surface area contributed by atoms with E-state index < -0.39 is 10.0 Å². The van der Waals surface area contributed by atoms with E-state index in [-0.39, 0.29) is 18.4 Å². The quantitative estimate of drug-likeness (QED) is 0.873. The minimum absolute atomic E-state index is 0.192. The first-order valence-electron chi connectivity index (χ1n) is 8.51. The van der Waals surface area contributed by atoms with Crippen LogP contribution in [0.25, 0.3) is 0 Å². The van der Waals surface area contributed by atoms with Gasteiger partial charge in [0.2, 0.25) is 15.9 Å². The van der Waals surface area contributed by atoms with Gasteiger partial charge in [0.1, 0.15) is 5.75 Å². The van der Waals surface area contributed by atoms with Crippen LogP contribution in [0, 0.1) is 5.92 Å². The van der Waals surface area contributed by atoms with Crippen molar-refractivity contribution in [2.24, 2.45) is 5.92 Å². The summed E-state index contributed by atoms with van der Waals surface area (Å²) in [6.45, 7) is 0.683. The number of amides is 1. The molecule has 26 heavy (non-hydrogen) atoms. The van der Waals surface area contributed by atoms with E-state index in [1.807, 2.05) is 42.5 Å². The summed E-state index contributed by atoms with van der Waals surface area (Å²) in [7, 11) is -3.29. The first-order chi connectivity index (χ1) is 12.4. The van der Waals surface area contributed by atoms with Crippen LogP contribution in [0.2, 0.25) is 0 Å². The minimum atomic E-state index is -3.29. The fraction of sp³-hybridized carbons (Fsp3) is 0.316. The molecule has 1 amide bonds. The Morgan fingerprint density at radius 3 is 2.54 bits per heavy atom. The van der Waals surface area contributed by atoms with Gasteiger partial charge in [-0.3, -0.25) is 4.79 Å². The third-order valence-corrected chi connectivity index (χ3v) is 5.61. The lowest BCUT2D eigenvalue weighted by Crippen LogP contribution is -2.43. The summed E-state index contributed by atoms with van der Waals surface area (Å²) in [6, 6.07) is 16.5. The SMILES string of the molecule is CS(=O)(=O)N1CCCC(C(=O)Nc2ccccc2Oc2ccccc2)C1.